The quantitative estimate of drug-likeness (QED) is 0.693. The highest BCUT2D eigenvalue weighted by Gasteiger charge is 2.04. The van der Waals surface area contributed by atoms with Gasteiger partial charge >= 0.3 is 0 Å². The third-order valence-corrected chi connectivity index (χ3v) is 3.95. The van der Waals surface area contributed by atoms with Crippen LogP contribution in [0.2, 0.25) is 0 Å². The highest BCUT2D eigenvalue weighted by atomic mass is 32.1. The Hall–Kier alpha value is -1.79. The first kappa shape index (κ1) is 12.7. The van der Waals surface area contributed by atoms with E-state index in [9.17, 15) is 0 Å². The van der Waals surface area contributed by atoms with Crippen LogP contribution in [-0.4, -0.2) is 21.5 Å². The van der Waals surface area contributed by atoms with Crippen molar-refractivity contribution >= 4 is 39.4 Å². The molecule has 3 aromatic rings. The van der Waals surface area contributed by atoms with Gasteiger partial charge in [-0.05, 0) is 19.1 Å². The van der Waals surface area contributed by atoms with Gasteiger partial charge in [-0.25, -0.2) is 9.97 Å². The van der Waals surface area contributed by atoms with E-state index >= 15 is 0 Å². The molecular weight excluding hydrogens is 268 g/mol. The van der Waals surface area contributed by atoms with Gasteiger partial charge in [-0.3, -0.25) is 4.79 Å². The monoisotopic (exact) mass is 278 g/mol. The largest absolute Gasteiger partial charge is 0.483 e. The molecule has 0 atom stereocenters. The van der Waals surface area contributed by atoms with Crippen LogP contribution in [-0.2, 0) is 4.79 Å². The van der Waals surface area contributed by atoms with Crippen LogP contribution in [0.25, 0.3) is 20.8 Å². The lowest BCUT2D eigenvalue weighted by atomic mass is 10.2. The van der Waals surface area contributed by atoms with Crippen LogP contribution in [0, 0.1) is 6.92 Å². The molecule has 0 aliphatic heterocycles. The van der Waals surface area contributed by atoms with Gasteiger partial charge in [0.1, 0.15) is 5.01 Å². The Kier molecular flexibility index (Phi) is 4.01. The van der Waals surface area contributed by atoms with Crippen molar-refractivity contribution < 1.29 is 9.90 Å². The number of carboxylic acid groups (broad SMARTS) is 1. The van der Waals surface area contributed by atoms with Crippen molar-refractivity contribution in [2.24, 2.45) is 0 Å². The number of aromatic nitrogens is 2. The number of benzene rings is 1. The van der Waals surface area contributed by atoms with Gasteiger partial charge in [0.25, 0.3) is 6.47 Å². The van der Waals surface area contributed by atoms with Crippen molar-refractivity contribution in [3.63, 3.8) is 0 Å². The van der Waals surface area contributed by atoms with Gasteiger partial charge in [0, 0.05) is 17.1 Å². The van der Waals surface area contributed by atoms with E-state index in [1.54, 1.807) is 22.7 Å². The van der Waals surface area contributed by atoms with Crippen LogP contribution in [0.1, 0.15) is 5.01 Å². The van der Waals surface area contributed by atoms with Crippen LogP contribution >= 0.6 is 22.7 Å². The van der Waals surface area contributed by atoms with Crippen molar-refractivity contribution in [3.8, 4) is 10.6 Å². The van der Waals surface area contributed by atoms with Gasteiger partial charge in [-0.1, -0.05) is 6.07 Å². The van der Waals surface area contributed by atoms with Crippen LogP contribution < -0.4 is 0 Å². The van der Waals surface area contributed by atoms with E-state index in [0.717, 1.165) is 21.1 Å². The minimum absolute atomic E-state index is 0.250. The predicted octanol–water partition coefficient (Wildman–Crippen LogP) is 3.43. The van der Waals surface area contributed by atoms with E-state index in [1.165, 1.54) is 4.70 Å². The first-order valence-corrected chi connectivity index (χ1v) is 6.79. The summed E-state index contributed by atoms with van der Waals surface area (Å²) in [4.78, 5) is 17.1. The summed E-state index contributed by atoms with van der Waals surface area (Å²) >= 11 is 3.39. The number of fused-ring (bicyclic) bond motifs is 1. The molecule has 0 aliphatic rings. The molecular formula is C12H10N2O2S2. The fraction of sp³-hybridized carbons (Fsp3) is 0.0833. The predicted molar refractivity (Wildman–Crippen MR) is 74.2 cm³/mol. The second kappa shape index (κ2) is 5.70. The summed E-state index contributed by atoms with van der Waals surface area (Å²) in [7, 11) is 0. The highest BCUT2D eigenvalue weighted by Crippen LogP contribution is 2.28. The minimum Gasteiger partial charge on any atom is -0.483 e. The van der Waals surface area contributed by atoms with E-state index in [2.05, 4.69) is 28.2 Å². The molecule has 0 saturated carbocycles. The number of aryl methyl sites for hydroxylation is 1. The second-order valence-electron chi connectivity index (χ2n) is 3.36. The molecule has 1 N–H and O–H groups in total. The van der Waals surface area contributed by atoms with Crippen LogP contribution in [0.15, 0.2) is 29.8 Å². The molecule has 0 radical (unpaired) electrons. The molecule has 0 unspecified atom stereocenters. The standard InChI is InChI=1S/C11H8N2S2.CH2O2/c1-7-13-9-6-8(2-3-10(9)15-7)11-12-4-5-14-11;2-1-3/h2-6H,1H3;1H,(H,2,3). The molecule has 0 bridgehead atoms. The van der Waals surface area contributed by atoms with Crippen molar-refractivity contribution in [1.82, 2.24) is 9.97 Å². The van der Waals surface area contributed by atoms with Crippen molar-refractivity contribution in [2.75, 3.05) is 0 Å². The van der Waals surface area contributed by atoms with Crippen LogP contribution in [0.4, 0.5) is 0 Å². The molecule has 2 heterocycles. The molecule has 0 aliphatic carbocycles. The molecule has 0 fully saturated rings. The van der Waals surface area contributed by atoms with E-state index in [0.29, 0.717) is 0 Å². The molecule has 2 aromatic heterocycles. The molecule has 0 spiro atoms. The number of hydrogen-bond donors (Lipinski definition) is 1. The Balaban J connectivity index is 0.000000367. The maximum Gasteiger partial charge on any atom is 0.290 e. The zero-order chi connectivity index (χ0) is 13.0. The first-order chi connectivity index (χ1) is 8.74. The molecule has 18 heavy (non-hydrogen) atoms. The zero-order valence-electron chi connectivity index (χ0n) is 9.53. The van der Waals surface area contributed by atoms with Crippen LogP contribution in [0.5, 0.6) is 0 Å². The Morgan fingerprint density at radius 3 is 2.83 bits per heavy atom. The van der Waals surface area contributed by atoms with Crippen molar-refractivity contribution in [3.05, 3.63) is 34.8 Å². The average Bonchev–Trinajstić information content (AvgIpc) is 2.95. The van der Waals surface area contributed by atoms with Crippen molar-refractivity contribution in [1.29, 1.82) is 0 Å². The number of carbonyl (C=O) groups is 1. The third-order valence-electron chi connectivity index (χ3n) is 2.17. The number of thiazole rings is 2. The molecule has 6 heteroatoms. The Labute approximate surface area is 112 Å². The fourth-order valence-electron chi connectivity index (χ4n) is 1.54. The molecule has 92 valence electrons. The lowest BCUT2D eigenvalue weighted by Gasteiger charge is -1.94. The molecule has 0 saturated heterocycles. The Bertz CT molecular complexity index is 647. The van der Waals surface area contributed by atoms with E-state index in [1.807, 2.05) is 18.5 Å². The number of nitrogens with zero attached hydrogens (tertiary/aromatic N) is 2. The summed E-state index contributed by atoms with van der Waals surface area (Å²) in [6, 6.07) is 6.34. The lowest BCUT2D eigenvalue weighted by molar-refractivity contribution is -0.122. The smallest absolute Gasteiger partial charge is 0.290 e. The van der Waals surface area contributed by atoms with E-state index in [-0.39, 0.29) is 6.47 Å². The average molecular weight is 278 g/mol. The Morgan fingerprint density at radius 2 is 2.17 bits per heavy atom. The first-order valence-electron chi connectivity index (χ1n) is 5.09. The summed E-state index contributed by atoms with van der Waals surface area (Å²) in [5.74, 6) is 0. The van der Waals surface area contributed by atoms with Gasteiger partial charge in [0.05, 0.1) is 15.2 Å². The van der Waals surface area contributed by atoms with Gasteiger partial charge in [0.15, 0.2) is 0 Å². The highest BCUT2D eigenvalue weighted by molar-refractivity contribution is 7.18. The third kappa shape index (κ3) is 2.72. The van der Waals surface area contributed by atoms with Gasteiger partial charge in [-0.15, -0.1) is 22.7 Å². The van der Waals surface area contributed by atoms with Gasteiger partial charge in [0.2, 0.25) is 0 Å². The fourth-order valence-corrected chi connectivity index (χ4v) is 2.98. The summed E-state index contributed by atoms with van der Waals surface area (Å²) < 4.78 is 1.24. The summed E-state index contributed by atoms with van der Waals surface area (Å²) in [6.45, 7) is 1.79. The molecule has 3 rings (SSSR count). The van der Waals surface area contributed by atoms with Gasteiger partial charge in [-0.2, -0.15) is 0 Å². The molecule has 1 aromatic carbocycles. The maximum atomic E-state index is 8.36. The number of hydrogen-bond acceptors (Lipinski definition) is 5. The molecule has 4 nitrogen and oxygen atoms in total. The maximum absolute atomic E-state index is 8.36. The summed E-state index contributed by atoms with van der Waals surface area (Å²) in [5.41, 5.74) is 2.23. The summed E-state index contributed by atoms with van der Waals surface area (Å²) in [6.07, 6.45) is 1.83. The Morgan fingerprint density at radius 1 is 1.39 bits per heavy atom. The summed E-state index contributed by atoms with van der Waals surface area (Å²) in [5, 5.41) is 11.1. The second-order valence-corrected chi connectivity index (χ2v) is 5.49. The van der Waals surface area contributed by atoms with Crippen molar-refractivity contribution in [2.45, 2.75) is 6.92 Å². The zero-order valence-corrected chi connectivity index (χ0v) is 11.2. The SMILES string of the molecule is Cc1nc2cc(-c3nccs3)ccc2s1.O=CO. The normalized spacial score (nSPS) is 9.83. The minimum atomic E-state index is -0.250. The van der Waals surface area contributed by atoms with Gasteiger partial charge < -0.3 is 5.11 Å². The molecule has 0 amide bonds. The number of rotatable bonds is 1. The topological polar surface area (TPSA) is 63.1 Å². The van der Waals surface area contributed by atoms with E-state index in [4.69, 9.17) is 9.90 Å². The van der Waals surface area contributed by atoms with Crippen LogP contribution in [0.3, 0.4) is 0 Å². The van der Waals surface area contributed by atoms with E-state index < -0.39 is 0 Å². The lowest BCUT2D eigenvalue weighted by Crippen LogP contribution is -1.75.